The van der Waals surface area contributed by atoms with Crippen LogP contribution in [-0.2, 0) is 18.5 Å². The molecule has 0 bridgehead atoms. The van der Waals surface area contributed by atoms with Gasteiger partial charge in [0, 0.05) is 6.07 Å². The van der Waals surface area contributed by atoms with E-state index in [0.717, 1.165) is 24.3 Å². The van der Waals surface area contributed by atoms with Crippen molar-refractivity contribution < 1.29 is 26.4 Å². The number of methoxy groups -OCH3 is 1. The van der Waals surface area contributed by atoms with Crippen molar-refractivity contribution in [2.45, 2.75) is 77.9 Å². The van der Waals surface area contributed by atoms with Gasteiger partial charge in [0.25, 0.3) is 0 Å². The number of aryl methyl sites for hydroxylation is 1. The Morgan fingerprint density at radius 1 is 0.926 bits per heavy atom. The normalized spacial score (nSPS) is 10.9. The Bertz CT molecular complexity index is 643. The van der Waals surface area contributed by atoms with Gasteiger partial charge in [-0.3, -0.25) is 0 Å². The number of hydrogen-bond donors (Lipinski definition) is 0. The van der Waals surface area contributed by atoms with E-state index >= 15 is 0 Å². The number of unbranched alkanes of at least 4 members (excludes halogenated alkanes) is 9. The maximum atomic E-state index is 5.90. The van der Waals surface area contributed by atoms with E-state index in [-0.39, 0.29) is 12.4 Å². The van der Waals surface area contributed by atoms with E-state index in [0.29, 0.717) is 6.73 Å². The molecule has 1 heterocycles. The molecule has 0 aliphatic heterocycles. The molecule has 2 rings (SSSR count). The maximum Gasteiger partial charge on any atom is 0.246 e. The first-order chi connectivity index (χ1) is 12.8. The van der Waals surface area contributed by atoms with E-state index in [4.69, 9.17) is 9.47 Å². The number of benzene rings is 1. The molecule has 2 aromatic rings. The van der Waals surface area contributed by atoms with Gasteiger partial charge >= 0.3 is 0 Å². The summed E-state index contributed by atoms with van der Waals surface area (Å²) in [5.74, 6) is 0.882. The maximum absolute atomic E-state index is 5.90. The Morgan fingerprint density at radius 3 is 2.19 bits per heavy atom. The third-order valence-electron chi connectivity index (χ3n) is 5.06. The fourth-order valence-corrected chi connectivity index (χ4v) is 3.45. The summed E-state index contributed by atoms with van der Waals surface area (Å²) in [6.07, 6.45) is 15.6. The monoisotopic (exact) mass is 396 g/mol. The minimum absolute atomic E-state index is 0. The number of rotatable bonds is 14. The Hall–Kier alpha value is -1.26. The van der Waals surface area contributed by atoms with Crippen molar-refractivity contribution in [3.63, 3.8) is 0 Å². The summed E-state index contributed by atoms with van der Waals surface area (Å²) >= 11 is 0. The summed E-state index contributed by atoms with van der Waals surface area (Å²) in [6, 6.07) is 6.16. The van der Waals surface area contributed by atoms with Crippen LogP contribution in [-0.4, -0.2) is 18.3 Å². The first-order valence-electron chi connectivity index (χ1n) is 10.4. The predicted molar refractivity (Wildman–Crippen MR) is 107 cm³/mol. The predicted octanol–water partition coefficient (Wildman–Crippen LogP) is 2.37. The van der Waals surface area contributed by atoms with Gasteiger partial charge in [-0.1, -0.05) is 64.7 Å². The molecule has 0 saturated heterocycles. The molecule has 154 valence electrons. The molecule has 5 heteroatoms. The van der Waals surface area contributed by atoms with Crippen LogP contribution in [0.5, 0.6) is 5.75 Å². The zero-order chi connectivity index (χ0) is 18.6. The van der Waals surface area contributed by atoms with Crippen LogP contribution in [0.4, 0.5) is 0 Å². The number of hydrogen-bond acceptors (Lipinski definition) is 2. The lowest BCUT2D eigenvalue weighted by Crippen LogP contribution is -3.00. The van der Waals surface area contributed by atoms with Crippen LogP contribution in [0, 0.1) is 0 Å². The summed E-state index contributed by atoms with van der Waals surface area (Å²) in [5.41, 5.74) is 2.34. The third-order valence-corrected chi connectivity index (χ3v) is 5.06. The molecule has 1 aromatic carbocycles. The van der Waals surface area contributed by atoms with Gasteiger partial charge in [0.2, 0.25) is 6.33 Å². The minimum atomic E-state index is 0. The zero-order valence-corrected chi connectivity index (χ0v) is 18.1. The summed E-state index contributed by atoms with van der Waals surface area (Å²) in [4.78, 5) is 0. The van der Waals surface area contributed by atoms with E-state index in [1.807, 2.05) is 6.07 Å². The fraction of sp³-hybridized carbons (Fsp3) is 0.682. The van der Waals surface area contributed by atoms with E-state index in [9.17, 15) is 0 Å². The molecule has 0 saturated carbocycles. The van der Waals surface area contributed by atoms with Crippen molar-refractivity contribution in [1.29, 1.82) is 0 Å². The van der Waals surface area contributed by atoms with Crippen molar-refractivity contribution in [1.82, 2.24) is 4.57 Å². The van der Waals surface area contributed by atoms with Crippen LogP contribution in [0.15, 0.2) is 24.5 Å². The number of aromatic nitrogens is 2. The highest BCUT2D eigenvalue weighted by atomic mass is 35.5. The molecule has 0 aliphatic rings. The Balaban J connectivity index is 0.00000364. The second-order valence-electron chi connectivity index (χ2n) is 7.27. The number of halogens is 1. The quantitative estimate of drug-likeness (QED) is 0.362. The lowest BCUT2D eigenvalue weighted by Gasteiger charge is -2.04. The molecule has 0 atom stereocenters. The van der Waals surface area contributed by atoms with Crippen LogP contribution in [0.3, 0.4) is 0 Å². The average Bonchev–Trinajstić information content (AvgIpc) is 2.97. The van der Waals surface area contributed by atoms with Crippen LogP contribution >= 0.6 is 0 Å². The number of ether oxygens (including phenoxy) is 2. The Labute approximate surface area is 171 Å². The SMILES string of the molecule is CCCCCCCCCCCCOCn1c[n+](C)c2ccc(OC)cc21.[Cl-]. The van der Waals surface area contributed by atoms with Crippen molar-refractivity contribution in [2.75, 3.05) is 13.7 Å². The van der Waals surface area contributed by atoms with Crippen LogP contribution < -0.4 is 21.7 Å². The van der Waals surface area contributed by atoms with Gasteiger partial charge in [0.1, 0.15) is 5.75 Å². The first-order valence-corrected chi connectivity index (χ1v) is 10.4. The summed E-state index contributed by atoms with van der Waals surface area (Å²) in [6.45, 7) is 3.71. The lowest BCUT2D eigenvalue weighted by molar-refractivity contribution is -0.646. The van der Waals surface area contributed by atoms with Crippen molar-refractivity contribution in [3.8, 4) is 5.75 Å². The van der Waals surface area contributed by atoms with Gasteiger partial charge in [0.05, 0.1) is 20.8 Å². The molecule has 27 heavy (non-hydrogen) atoms. The van der Waals surface area contributed by atoms with Gasteiger partial charge in [-0.2, -0.15) is 0 Å². The molecule has 1 aromatic heterocycles. The second-order valence-corrected chi connectivity index (χ2v) is 7.27. The number of nitrogens with zero attached hydrogens (tertiary/aromatic N) is 2. The second kappa shape index (κ2) is 13.8. The Kier molecular flexibility index (Phi) is 12.2. The molecule has 0 unspecified atom stereocenters. The summed E-state index contributed by atoms with van der Waals surface area (Å²) in [7, 11) is 3.77. The molecule has 0 amide bonds. The highest BCUT2D eigenvalue weighted by molar-refractivity contribution is 5.73. The van der Waals surface area contributed by atoms with E-state index in [1.165, 1.54) is 63.3 Å². The minimum Gasteiger partial charge on any atom is -1.00 e. The smallest absolute Gasteiger partial charge is 0.246 e. The largest absolute Gasteiger partial charge is 1.00 e. The Morgan fingerprint density at radius 2 is 1.56 bits per heavy atom. The third kappa shape index (κ3) is 8.10. The average molecular weight is 397 g/mol. The lowest BCUT2D eigenvalue weighted by atomic mass is 10.1. The van der Waals surface area contributed by atoms with Gasteiger partial charge in [-0.15, -0.1) is 0 Å². The molecular weight excluding hydrogens is 360 g/mol. The van der Waals surface area contributed by atoms with Crippen molar-refractivity contribution in [2.24, 2.45) is 7.05 Å². The van der Waals surface area contributed by atoms with Crippen molar-refractivity contribution >= 4 is 11.0 Å². The highest BCUT2D eigenvalue weighted by Gasteiger charge is 2.13. The molecule has 4 nitrogen and oxygen atoms in total. The topological polar surface area (TPSA) is 27.3 Å². The van der Waals surface area contributed by atoms with Gasteiger partial charge < -0.3 is 21.9 Å². The molecule has 0 N–H and O–H groups in total. The van der Waals surface area contributed by atoms with Crippen LogP contribution in [0.2, 0.25) is 0 Å². The summed E-state index contributed by atoms with van der Waals surface area (Å²) < 4.78 is 15.5. The number of fused-ring (bicyclic) bond motifs is 1. The molecule has 0 spiro atoms. The van der Waals surface area contributed by atoms with E-state index in [1.54, 1.807) is 7.11 Å². The molecule has 0 radical (unpaired) electrons. The van der Waals surface area contributed by atoms with Gasteiger partial charge in [-0.25, -0.2) is 9.13 Å². The van der Waals surface area contributed by atoms with Gasteiger partial charge in [0.15, 0.2) is 17.8 Å². The first kappa shape index (κ1) is 23.8. The van der Waals surface area contributed by atoms with Crippen molar-refractivity contribution in [3.05, 3.63) is 24.5 Å². The van der Waals surface area contributed by atoms with Gasteiger partial charge in [-0.05, 0) is 18.6 Å². The molecule has 0 aliphatic carbocycles. The van der Waals surface area contributed by atoms with Crippen LogP contribution in [0.1, 0.15) is 71.1 Å². The molecule has 0 fully saturated rings. The molecular formula is C22H37ClN2O2. The zero-order valence-electron chi connectivity index (χ0n) is 17.4. The number of imidazole rings is 1. The van der Waals surface area contributed by atoms with E-state index in [2.05, 4.69) is 41.6 Å². The van der Waals surface area contributed by atoms with E-state index < -0.39 is 0 Å². The standard InChI is InChI=1S/C22H37N2O2.ClH/c1-4-5-6-7-8-9-10-11-12-13-16-26-19-24-18-23(2)21-15-14-20(25-3)17-22(21)24;/h14-15,17-18H,4-13,16,19H2,1-3H3;1H/q+1;/p-1. The fourth-order valence-electron chi connectivity index (χ4n) is 3.45. The summed E-state index contributed by atoms with van der Waals surface area (Å²) in [5, 5.41) is 0. The highest BCUT2D eigenvalue weighted by Crippen LogP contribution is 2.19. The van der Waals surface area contributed by atoms with Crippen LogP contribution in [0.25, 0.3) is 11.0 Å².